The van der Waals surface area contributed by atoms with Gasteiger partial charge in [-0.2, -0.15) is 0 Å². The van der Waals surface area contributed by atoms with Gasteiger partial charge in [-0.05, 0) is 77.0 Å². The molecule has 0 rings (SSSR count). The fraction of sp³-hybridized carbons (Fsp3) is 0.855. The second-order valence-corrected chi connectivity index (χ2v) is 22.8. The highest BCUT2D eigenvalue weighted by Gasteiger charge is 2.20. The molecule has 0 heterocycles. The number of aliphatic hydroxyl groups is 2. The fourth-order valence-electron chi connectivity index (χ4n) is 10.3. The van der Waals surface area contributed by atoms with Crippen LogP contribution in [0, 0.1) is 0 Å². The SMILES string of the molecule is CCCCCC/C=C\C/C=C\CCCCCCCCCC(=O)OCC/C=C\C/C=C\CCCCCCCCCCCCCCCCC(=O)NC(CO)C(O)CCCCCCCCCCCCCCCCCCCCC. The van der Waals surface area contributed by atoms with E-state index in [9.17, 15) is 19.8 Å². The fourth-order valence-corrected chi connectivity index (χ4v) is 10.3. The van der Waals surface area contributed by atoms with Crippen molar-refractivity contribution in [3.8, 4) is 0 Å². The molecule has 6 heteroatoms. The number of hydrogen-bond acceptors (Lipinski definition) is 5. The number of nitrogens with one attached hydrogen (secondary N) is 1. The Morgan fingerprint density at radius 1 is 0.373 bits per heavy atom. The van der Waals surface area contributed by atoms with Crippen molar-refractivity contribution in [2.75, 3.05) is 13.2 Å². The lowest BCUT2D eigenvalue weighted by Gasteiger charge is -2.22. The number of ether oxygens (including phenoxy) is 1. The Bertz CT molecular complexity index is 1260. The van der Waals surface area contributed by atoms with Crippen LogP contribution in [0.25, 0.3) is 0 Å². The first-order chi connectivity index (χ1) is 37.0. The zero-order chi connectivity index (χ0) is 54.3. The van der Waals surface area contributed by atoms with Crippen LogP contribution in [-0.2, 0) is 14.3 Å². The summed E-state index contributed by atoms with van der Waals surface area (Å²) in [4.78, 5) is 24.6. The van der Waals surface area contributed by atoms with E-state index in [1.807, 2.05) is 0 Å². The predicted molar refractivity (Wildman–Crippen MR) is 329 cm³/mol. The molecule has 1 amide bonds. The van der Waals surface area contributed by atoms with Gasteiger partial charge in [0.2, 0.25) is 5.91 Å². The number of rotatable bonds is 62. The van der Waals surface area contributed by atoms with Gasteiger partial charge in [-0.1, -0.05) is 313 Å². The van der Waals surface area contributed by atoms with Crippen molar-refractivity contribution in [2.24, 2.45) is 0 Å². The third-order valence-electron chi connectivity index (χ3n) is 15.4. The van der Waals surface area contributed by atoms with Gasteiger partial charge in [-0.3, -0.25) is 9.59 Å². The number of allylic oxidation sites excluding steroid dienone is 7. The van der Waals surface area contributed by atoms with Gasteiger partial charge in [0, 0.05) is 12.8 Å². The largest absolute Gasteiger partial charge is 0.465 e. The molecule has 0 aliphatic rings. The molecule has 0 aromatic heterocycles. The standard InChI is InChI=1S/C69H129NO5/c1-3-5-7-9-11-13-15-17-19-21-26-29-33-37-41-45-49-53-57-61-67(72)66(65-71)70-68(73)62-58-54-50-46-42-38-34-30-27-24-23-25-28-32-36-40-44-48-52-56-60-64-75-69(74)63-59-55-51-47-43-39-35-31-22-20-18-16-14-12-10-8-6-4-2/h14,16,20,22,40,44,52,56,66-67,71-72H,3-13,15,17-19,21,23-39,41-43,45-51,53-55,57-65H2,1-2H3,(H,70,73)/b16-14-,22-20-,44-40-,56-52-. The molecular weight excluding hydrogens is 923 g/mol. The minimum Gasteiger partial charge on any atom is -0.465 e. The summed E-state index contributed by atoms with van der Waals surface area (Å²) in [5, 5.41) is 23.4. The van der Waals surface area contributed by atoms with E-state index in [2.05, 4.69) is 67.8 Å². The number of esters is 1. The second kappa shape index (κ2) is 64.3. The van der Waals surface area contributed by atoms with Gasteiger partial charge in [0.15, 0.2) is 0 Å². The molecule has 0 spiro atoms. The van der Waals surface area contributed by atoms with E-state index in [0.717, 1.165) is 57.8 Å². The van der Waals surface area contributed by atoms with Crippen molar-refractivity contribution in [3.63, 3.8) is 0 Å². The maximum absolute atomic E-state index is 12.5. The van der Waals surface area contributed by atoms with Crippen molar-refractivity contribution < 1.29 is 24.5 Å². The van der Waals surface area contributed by atoms with Crippen molar-refractivity contribution in [1.82, 2.24) is 5.32 Å². The zero-order valence-electron chi connectivity index (χ0n) is 50.3. The summed E-state index contributed by atoms with van der Waals surface area (Å²) in [6.07, 6.45) is 82.9. The van der Waals surface area contributed by atoms with Crippen LogP contribution in [0.5, 0.6) is 0 Å². The van der Waals surface area contributed by atoms with Crippen LogP contribution in [0.3, 0.4) is 0 Å². The van der Waals surface area contributed by atoms with E-state index in [-0.39, 0.29) is 18.5 Å². The highest BCUT2D eigenvalue weighted by Crippen LogP contribution is 2.18. The van der Waals surface area contributed by atoms with E-state index in [0.29, 0.717) is 25.9 Å². The van der Waals surface area contributed by atoms with Gasteiger partial charge in [0.1, 0.15) is 0 Å². The number of carbonyl (C=O) groups excluding carboxylic acids is 2. The predicted octanol–water partition coefficient (Wildman–Crippen LogP) is 21.3. The number of hydrogen-bond donors (Lipinski definition) is 3. The van der Waals surface area contributed by atoms with Crippen LogP contribution in [0.15, 0.2) is 48.6 Å². The smallest absolute Gasteiger partial charge is 0.305 e. The van der Waals surface area contributed by atoms with Crippen LogP contribution in [-0.4, -0.2) is 47.4 Å². The Morgan fingerprint density at radius 3 is 1.03 bits per heavy atom. The highest BCUT2D eigenvalue weighted by atomic mass is 16.5. The summed E-state index contributed by atoms with van der Waals surface area (Å²) in [6.45, 7) is 4.85. The third-order valence-corrected chi connectivity index (χ3v) is 15.4. The Balaban J connectivity index is 3.45. The molecule has 3 N–H and O–H groups in total. The van der Waals surface area contributed by atoms with Gasteiger partial charge in [0.25, 0.3) is 0 Å². The van der Waals surface area contributed by atoms with E-state index < -0.39 is 12.1 Å². The number of aliphatic hydroxyl groups excluding tert-OH is 2. The summed E-state index contributed by atoms with van der Waals surface area (Å²) in [6, 6.07) is -0.547. The Morgan fingerprint density at radius 2 is 0.667 bits per heavy atom. The lowest BCUT2D eigenvalue weighted by atomic mass is 10.0. The average Bonchev–Trinajstić information content (AvgIpc) is 3.41. The van der Waals surface area contributed by atoms with Crippen LogP contribution < -0.4 is 5.32 Å². The molecule has 6 nitrogen and oxygen atoms in total. The van der Waals surface area contributed by atoms with Crippen molar-refractivity contribution >= 4 is 11.9 Å². The van der Waals surface area contributed by atoms with Crippen molar-refractivity contribution in [2.45, 2.75) is 366 Å². The van der Waals surface area contributed by atoms with E-state index in [1.165, 1.54) is 263 Å². The maximum atomic E-state index is 12.5. The van der Waals surface area contributed by atoms with Gasteiger partial charge in [-0.15, -0.1) is 0 Å². The molecule has 0 aromatic rings. The first kappa shape index (κ1) is 72.8. The molecule has 0 saturated heterocycles. The van der Waals surface area contributed by atoms with Gasteiger partial charge in [-0.25, -0.2) is 0 Å². The highest BCUT2D eigenvalue weighted by molar-refractivity contribution is 5.76. The topological polar surface area (TPSA) is 95.9 Å². The van der Waals surface area contributed by atoms with Crippen LogP contribution in [0.4, 0.5) is 0 Å². The number of amides is 1. The summed E-state index contributed by atoms with van der Waals surface area (Å²) < 4.78 is 5.43. The summed E-state index contributed by atoms with van der Waals surface area (Å²) in [7, 11) is 0. The minimum absolute atomic E-state index is 0.0374. The van der Waals surface area contributed by atoms with Crippen LogP contribution >= 0.6 is 0 Å². The number of unbranched alkanes of at least 4 members (excludes halogenated alkanes) is 43. The average molecular weight is 1050 g/mol. The Labute approximate surface area is 467 Å². The van der Waals surface area contributed by atoms with Crippen molar-refractivity contribution in [1.29, 1.82) is 0 Å². The quantitative estimate of drug-likeness (QED) is 0.0320. The second-order valence-electron chi connectivity index (χ2n) is 22.8. The normalized spacial score (nSPS) is 12.9. The van der Waals surface area contributed by atoms with Crippen LogP contribution in [0.2, 0.25) is 0 Å². The Kier molecular flexibility index (Phi) is 62.5. The molecule has 2 unspecified atom stereocenters. The molecule has 75 heavy (non-hydrogen) atoms. The van der Waals surface area contributed by atoms with Crippen LogP contribution in [0.1, 0.15) is 354 Å². The molecule has 2 atom stereocenters. The van der Waals surface area contributed by atoms with Gasteiger partial charge < -0.3 is 20.3 Å². The van der Waals surface area contributed by atoms with Gasteiger partial charge >= 0.3 is 5.97 Å². The summed E-state index contributed by atoms with van der Waals surface area (Å²) in [5.74, 6) is -0.0797. The monoisotopic (exact) mass is 1050 g/mol. The molecule has 0 aliphatic heterocycles. The van der Waals surface area contributed by atoms with Crippen molar-refractivity contribution in [3.05, 3.63) is 48.6 Å². The molecule has 0 bridgehead atoms. The molecule has 0 radical (unpaired) electrons. The molecular formula is C69H129NO5. The lowest BCUT2D eigenvalue weighted by molar-refractivity contribution is -0.143. The first-order valence-electron chi connectivity index (χ1n) is 33.4. The molecule has 0 aliphatic carbocycles. The van der Waals surface area contributed by atoms with E-state index in [1.54, 1.807) is 0 Å². The molecule has 0 saturated carbocycles. The maximum Gasteiger partial charge on any atom is 0.305 e. The minimum atomic E-state index is -0.670. The molecule has 0 fully saturated rings. The summed E-state index contributed by atoms with van der Waals surface area (Å²) in [5.41, 5.74) is 0. The first-order valence-corrected chi connectivity index (χ1v) is 33.4. The third kappa shape index (κ3) is 60.9. The summed E-state index contributed by atoms with van der Waals surface area (Å²) >= 11 is 0. The zero-order valence-corrected chi connectivity index (χ0v) is 50.3. The number of carbonyl (C=O) groups is 2. The van der Waals surface area contributed by atoms with E-state index >= 15 is 0 Å². The lowest BCUT2D eigenvalue weighted by Crippen LogP contribution is -2.45. The molecule has 0 aromatic carbocycles. The van der Waals surface area contributed by atoms with Gasteiger partial charge in [0.05, 0.1) is 25.4 Å². The molecule has 440 valence electrons. The Hall–Kier alpha value is -2.18. The van der Waals surface area contributed by atoms with E-state index in [4.69, 9.17) is 4.74 Å².